The third-order valence-electron chi connectivity index (χ3n) is 4.73. The van der Waals surface area contributed by atoms with Gasteiger partial charge in [0.15, 0.2) is 0 Å². The largest absolute Gasteiger partial charge is 0.481 e. The van der Waals surface area contributed by atoms with Crippen LogP contribution in [0.4, 0.5) is 11.4 Å². The number of nitrogens with zero attached hydrogens (tertiary/aromatic N) is 1. The number of anilines is 1. The molecule has 3 rings (SSSR count). The number of nitrogens with one attached hydrogen (secondary N) is 1. The number of allylic oxidation sites excluding steroid dienone is 2. The number of carboxylic acid groups (broad SMARTS) is 1. The number of hydrogen-bond acceptors (Lipinski definition) is 4. The van der Waals surface area contributed by atoms with Crippen molar-refractivity contribution in [2.75, 3.05) is 5.32 Å². The zero-order valence-corrected chi connectivity index (χ0v) is 12.4. The first kappa shape index (κ1) is 15.2. The minimum Gasteiger partial charge on any atom is -0.481 e. The van der Waals surface area contributed by atoms with Gasteiger partial charge in [-0.1, -0.05) is 12.2 Å². The smallest absolute Gasteiger partial charge is 0.307 e. The first-order chi connectivity index (χ1) is 10.9. The van der Waals surface area contributed by atoms with E-state index in [2.05, 4.69) is 5.32 Å². The molecule has 1 aromatic carbocycles. The SMILES string of the molecule is Cc1cc([N+](=O)[O-])ccc1NC(=O)[C@@H]1[C@@H](C(=O)O)[C@H]2C=C[C@@H]1C2. The molecule has 2 bridgehead atoms. The molecule has 0 saturated heterocycles. The van der Waals surface area contributed by atoms with Gasteiger partial charge in [-0.3, -0.25) is 19.7 Å². The highest BCUT2D eigenvalue weighted by molar-refractivity contribution is 5.97. The summed E-state index contributed by atoms with van der Waals surface area (Å²) in [6, 6.07) is 4.17. The number of nitro benzene ring substituents is 1. The maximum atomic E-state index is 12.5. The zero-order valence-electron chi connectivity index (χ0n) is 12.4. The molecule has 2 N–H and O–H groups in total. The van der Waals surface area contributed by atoms with Crippen LogP contribution >= 0.6 is 0 Å². The van der Waals surface area contributed by atoms with Crippen LogP contribution in [-0.4, -0.2) is 21.9 Å². The highest BCUT2D eigenvalue weighted by Crippen LogP contribution is 2.48. The number of amides is 1. The molecule has 0 aromatic heterocycles. The molecular weight excluding hydrogens is 300 g/mol. The van der Waals surface area contributed by atoms with E-state index in [1.165, 1.54) is 18.2 Å². The fourth-order valence-electron chi connectivity index (χ4n) is 3.63. The highest BCUT2D eigenvalue weighted by atomic mass is 16.6. The van der Waals surface area contributed by atoms with Crippen molar-refractivity contribution < 1.29 is 19.6 Å². The van der Waals surface area contributed by atoms with Gasteiger partial charge >= 0.3 is 5.97 Å². The Morgan fingerprint density at radius 1 is 1.26 bits per heavy atom. The van der Waals surface area contributed by atoms with Gasteiger partial charge in [0, 0.05) is 17.8 Å². The number of carbonyl (C=O) groups is 2. The summed E-state index contributed by atoms with van der Waals surface area (Å²) < 4.78 is 0. The van der Waals surface area contributed by atoms with Crippen LogP contribution in [-0.2, 0) is 9.59 Å². The summed E-state index contributed by atoms with van der Waals surface area (Å²) >= 11 is 0. The first-order valence-corrected chi connectivity index (χ1v) is 7.35. The molecule has 2 aliphatic rings. The van der Waals surface area contributed by atoms with Crippen LogP contribution in [0.2, 0.25) is 0 Å². The van der Waals surface area contributed by atoms with Crippen LogP contribution in [0, 0.1) is 40.7 Å². The monoisotopic (exact) mass is 316 g/mol. The van der Waals surface area contributed by atoms with Crippen LogP contribution in [0.1, 0.15) is 12.0 Å². The number of carboxylic acids is 1. The molecule has 4 atom stereocenters. The Balaban J connectivity index is 1.81. The summed E-state index contributed by atoms with van der Waals surface area (Å²) in [7, 11) is 0. The number of aliphatic carboxylic acids is 1. The summed E-state index contributed by atoms with van der Waals surface area (Å²) in [5, 5.41) is 22.9. The van der Waals surface area contributed by atoms with Crippen molar-refractivity contribution in [3.63, 3.8) is 0 Å². The fourth-order valence-corrected chi connectivity index (χ4v) is 3.63. The van der Waals surface area contributed by atoms with Gasteiger partial charge in [-0.2, -0.15) is 0 Å². The lowest BCUT2D eigenvalue weighted by Gasteiger charge is -2.24. The average molecular weight is 316 g/mol. The first-order valence-electron chi connectivity index (χ1n) is 7.35. The minimum absolute atomic E-state index is 0.0493. The van der Waals surface area contributed by atoms with Crippen LogP contribution in [0.3, 0.4) is 0 Å². The van der Waals surface area contributed by atoms with E-state index in [0.717, 1.165) is 0 Å². The average Bonchev–Trinajstić information content (AvgIpc) is 3.09. The van der Waals surface area contributed by atoms with E-state index in [1.807, 2.05) is 12.2 Å². The Morgan fingerprint density at radius 3 is 2.48 bits per heavy atom. The molecule has 120 valence electrons. The van der Waals surface area contributed by atoms with Gasteiger partial charge in [0.2, 0.25) is 5.91 Å². The summed E-state index contributed by atoms with van der Waals surface area (Å²) in [5.41, 5.74) is 0.987. The lowest BCUT2D eigenvalue weighted by Crippen LogP contribution is -2.36. The molecule has 2 aliphatic carbocycles. The number of hydrogen-bond donors (Lipinski definition) is 2. The van der Waals surface area contributed by atoms with Crippen molar-refractivity contribution in [3.05, 3.63) is 46.0 Å². The second-order valence-corrected chi connectivity index (χ2v) is 6.08. The number of benzene rings is 1. The molecule has 0 aliphatic heterocycles. The van der Waals surface area contributed by atoms with Crippen LogP contribution in [0.25, 0.3) is 0 Å². The van der Waals surface area contributed by atoms with E-state index < -0.39 is 22.7 Å². The van der Waals surface area contributed by atoms with Gasteiger partial charge in [0.25, 0.3) is 5.69 Å². The third kappa shape index (κ3) is 2.58. The van der Waals surface area contributed by atoms with E-state index >= 15 is 0 Å². The zero-order chi connectivity index (χ0) is 16.7. The molecule has 7 heteroatoms. The number of rotatable bonds is 4. The van der Waals surface area contributed by atoms with Gasteiger partial charge in [-0.05, 0) is 36.8 Å². The predicted octanol–water partition coefficient (Wildman–Crippen LogP) is 2.36. The summed E-state index contributed by atoms with van der Waals surface area (Å²) in [5.74, 6) is -2.75. The van der Waals surface area contributed by atoms with Gasteiger partial charge in [0.05, 0.1) is 16.8 Å². The third-order valence-corrected chi connectivity index (χ3v) is 4.73. The molecular formula is C16H16N2O5. The van der Waals surface area contributed by atoms with Crippen LogP contribution < -0.4 is 5.32 Å². The van der Waals surface area contributed by atoms with Crippen LogP contribution in [0.5, 0.6) is 0 Å². The molecule has 0 heterocycles. The van der Waals surface area contributed by atoms with Gasteiger partial charge in [0.1, 0.15) is 0 Å². The maximum absolute atomic E-state index is 12.5. The molecule has 23 heavy (non-hydrogen) atoms. The predicted molar refractivity (Wildman–Crippen MR) is 81.8 cm³/mol. The number of non-ortho nitro benzene ring substituents is 1. The number of aryl methyl sites for hydroxylation is 1. The van der Waals surface area contributed by atoms with Crippen molar-refractivity contribution in [1.29, 1.82) is 0 Å². The fraction of sp³-hybridized carbons (Fsp3) is 0.375. The summed E-state index contributed by atoms with van der Waals surface area (Å²) in [6.07, 6.45) is 4.48. The number of carbonyl (C=O) groups excluding carboxylic acids is 1. The normalized spacial score (nSPS) is 27.9. The lowest BCUT2D eigenvalue weighted by atomic mass is 9.82. The summed E-state index contributed by atoms with van der Waals surface area (Å²) in [4.78, 5) is 34.3. The Morgan fingerprint density at radius 2 is 1.91 bits per heavy atom. The quantitative estimate of drug-likeness (QED) is 0.503. The van der Waals surface area contributed by atoms with E-state index in [9.17, 15) is 24.8 Å². The van der Waals surface area contributed by atoms with Gasteiger partial charge in [-0.15, -0.1) is 0 Å². The van der Waals surface area contributed by atoms with Gasteiger partial charge in [-0.25, -0.2) is 0 Å². The second-order valence-electron chi connectivity index (χ2n) is 6.08. The molecule has 0 spiro atoms. The molecule has 1 aromatic rings. The van der Waals surface area contributed by atoms with E-state index in [4.69, 9.17) is 0 Å². The van der Waals surface area contributed by atoms with Crippen LogP contribution in [0.15, 0.2) is 30.4 Å². The minimum atomic E-state index is -0.956. The molecule has 1 saturated carbocycles. The highest BCUT2D eigenvalue weighted by Gasteiger charge is 2.51. The lowest BCUT2D eigenvalue weighted by molar-refractivity contribution is -0.384. The summed E-state index contributed by atoms with van der Waals surface area (Å²) in [6.45, 7) is 1.66. The van der Waals surface area contributed by atoms with Crippen molar-refractivity contribution in [2.45, 2.75) is 13.3 Å². The second kappa shape index (κ2) is 5.49. The molecule has 0 unspecified atom stereocenters. The van der Waals surface area contributed by atoms with E-state index in [0.29, 0.717) is 17.7 Å². The van der Waals surface area contributed by atoms with Crippen molar-refractivity contribution in [3.8, 4) is 0 Å². The number of fused-ring (bicyclic) bond motifs is 2. The van der Waals surface area contributed by atoms with Crippen molar-refractivity contribution in [1.82, 2.24) is 0 Å². The number of nitro groups is 1. The molecule has 1 amide bonds. The Hall–Kier alpha value is -2.70. The topological polar surface area (TPSA) is 110 Å². The molecule has 7 nitrogen and oxygen atoms in total. The Kier molecular flexibility index (Phi) is 3.63. The molecule has 1 fully saturated rings. The standard InChI is InChI=1S/C16H16N2O5/c1-8-6-11(18(22)23)4-5-12(8)17-15(19)13-9-2-3-10(7-9)14(13)16(20)21/h2-6,9-10,13-14H,7H2,1H3,(H,17,19)(H,20,21)/t9-,10+,13+,14+/m1/s1. The van der Waals surface area contributed by atoms with E-state index in [1.54, 1.807) is 6.92 Å². The maximum Gasteiger partial charge on any atom is 0.307 e. The van der Waals surface area contributed by atoms with Crippen molar-refractivity contribution in [2.24, 2.45) is 23.7 Å². The Bertz CT molecular complexity index is 727. The Labute approximate surface area is 132 Å². The van der Waals surface area contributed by atoms with Gasteiger partial charge < -0.3 is 10.4 Å². The van der Waals surface area contributed by atoms with Crippen molar-refractivity contribution >= 4 is 23.3 Å². The molecule has 0 radical (unpaired) electrons. The van der Waals surface area contributed by atoms with E-state index in [-0.39, 0.29) is 23.4 Å².